The highest BCUT2D eigenvalue weighted by atomic mass is 32.2. The van der Waals surface area contributed by atoms with E-state index < -0.39 is 0 Å². The van der Waals surface area contributed by atoms with Crippen molar-refractivity contribution in [3.63, 3.8) is 0 Å². The number of carbonyl (C=O) groups is 2. The van der Waals surface area contributed by atoms with Crippen molar-refractivity contribution in [1.29, 1.82) is 0 Å². The van der Waals surface area contributed by atoms with Gasteiger partial charge in [-0.1, -0.05) is 43.2 Å². The molecule has 1 aliphatic carbocycles. The molecule has 0 bridgehead atoms. The van der Waals surface area contributed by atoms with Gasteiger partial charge in [-0.3, -0.25) is 14.5 Å². The van der Waals surface area contributed by atoms with Crippen molar-refractivity contribution < 1.29 is 9.59 Å². The number of rotatable bonds is 5. The molecule has 2 aliphatic heterocycles. The number of amides is 2. The first-order valence-corrected chi connectivity index (χ1v) is 12.5. The lowest BCUT2D eigenvalue weighted by Crippen LogP contribution is -2.59. The van der Waals surface area contributed by atoms with Crippen molar-refractivity contribution in [2.45, 2.75) is 31.7 Å². The third kappa shape index (κ3) is 5.27. The number of nitrogens with zero attached hydrogens (tertiary/aromatic N) is 3. The summed E-state index contributed by atoms with van der Waals surface area (Å²) in [6.45, 7) is 4.75. The molecule has 0 aromatic heterocycles. The second-order valence-electron chi connectivity index (χ2n) is 8.53. The Labute approximate surface area is 184 Å². The van der Waals surface area contributed by atoms with E-state index in [0.29, 0.717) is 24.9 Å². The van der Waals surface area contributed by atoms with Crippen LogP contribution in [-0.4, -0.2) is 83.3 Å². The molecule has 1 aromatic carbocycles. The van der Waals surface area contributed by atoms with Crippen LogP contribution in [0.3, 0.4) is 0 Å². The first-order chi connectivity index (χ1) is 14.7. The highest BCUT2D eigenvalue weighted by molar-refractivity contribution is 7.99. The predicted octanol–water partition coefficient (Wildman–Crippen LogP) is 2.98. The van der Waals surface area contributed by atoms with Crippen LogP contribution in [0.4, 0.5) is 0 Å². The summed E-state index contributed by atoms with van der Waals surface area (Å²) in [6, 6.07) is 9.93. The molecule has 0 N–H and O–H groups in total. The van der Waals surface area contributed by atoms with Gasteiger partial charge in [-0.15, -0.1) is 0 Å². The molecule has 1 aromatic rings. The Morgan fingerprint density at radius 3 is 2.23 bits per heavy atom. The van der Waals surface area contributed by atoms with Gasteiger partial charge in [-0.2, -0.15) is 11.8 Å². The minimum Gasteiger partial charge on any atom is -0.340 e. The van der Waals surface area contributed by atoms with Crippen LogP contribution in [0.25, 0.3) is 6.08 Å². The molecule has 2 amide bonds. The van der Waals surface area contributed by atoms with E-state index in [2.05, 4.69) is 9.80 Å². The summed E-state index contributed by atoms with van der Waals surface area (Å²) in [7, 11) is 0. The number of thioether (sulfide) groups is 1. The van der Waals surface area contributed by atoms with Gasteiger partial charge in [0.2, 0.25) is 11.8 Å². The van der Waals surface area contributed by atoms with Crippen molar-refractivity contribution in [2.75, 3.05) is 50.8 Å². The van der Waals surface area contributed by atoms with Crippen molar-refractivity contribution in [2.24, 2.45) is 5.92 Å². The Balaban J connectivity index is 1.36. The average Bonchev–Trinajstić information content (AvgIpc) is 3.34. The second kappa shape index (κ2) is 10.5. The Hall–Kier alpha value is -1.79. The third-order valence-corrected chi connectivity index (χ3v) is 7.60. The normalized spacial score (nSPS) is 22.5. The maximum Gasteiger partial charge on any atom is 0.246 e. The van der Waals surface area contributed by atoms with Gasteiger partial charge in [0.1, 0.15) is 0 Å². The molecule has 0 spiro atoms. The Morgan fingerprint density at radius 2 is 1.57 bits per heavy atom. The molecule has 162 valence electrons. The van der Waals surface area contributed by atoms with Crippen molar-refractivity contribution >= 4 is 29.7 Å². The Morgan fingerprint density at radius 1 is 0.900 bits per heavy atom. The number of hydrogen-bond donors (Lipinski definition) is 0. The first kappa shape index (κ1) is 21.4. The molecule has 2 heterocycles. The highest BCUT2D eigenvalue weighted by Gasteiger charge is 2.39. The van der Waals surface area contributed by atoms with Crippen LogP contribution >= 0.6 is 11.8 Å². The monoisotopic (exact) mass is 427 g/mol. The van der Waals surface area contributed by atoms with Crippen LogP contribution in [0.2, 0.25) is 0 Å². The summed E-state index contributed by atoms with van der Waals surface area (Å²) < 4.78 is 0. The zero-order valence-electron chi connectivity index (χ0n) is 17.7. The fraction of sp³-hybridized carbons (Fsp3) is 0.583. The third-order valence-electron chi connectivity index (χ3n) is 6.66. The van der Waals surface area contributed by atoms with Crippen LogP contribution in [0.1, 0.15) is 31.2 Å². The van der Waals surface area contributed by atoms with Gasteiger partial charge < -0.3 is 9.80 Å². The molecule has 2 saturated heterocycles. The lowest BCUT2D eigenvalue weighted by Gasteiger charge is -2.42. The summed E-state index contributed by atoms with van der Waals surface area (Å²) in [5.41, 5.74) is 1.04. The summed E-state index contributed by atoms with van der Waals surface area (Å²) in [4.78, 5) is 32.5. The predicted molar refractivity (Wildman–Crippen MR) is 123 cm³/mol. The number of piperazine rings is 1. The summed E-state index contributed by atoms with van der Waals surface area (Å²) in [5, 5.41) is 0. The van der Waals surface area contributed by atoms with Crippen LogP contribution in [0.5, 0.6) is 0 Å². The van der Waals surface area contributed by atoms with Crippen molar-refractivity contribution in [1.82, 2.24) is 14.7 Å². The smallest absolute Gasteiger partial charge is 0.246 e. The lowest BCUT2D eigenvalue weighted by molar-refractivity contribution is -0.140. The topological polar surface area (TPSA) is 43.9 Å². The maximum atomic E-state index is 13.4. The van der Waals surface area contributed by atoms with E-state index in [1.165, 1.54) is 12.8 Å². The van der Waals surface area contributed by atoms with Crippen LogP contribution in [0, 0.1) is 5.92 Å². The summed E-state index contributed by atoms with van der Waals surface area (Å²) >= 11 is 1.94. The zero-order valence-corrected chi connectivity index (χ0v) is 18.6. The fourth-order valence-electron chi connectivity index (χ4n) is 4.96. The molecule has 5 nitrogen and oxygen atoms in total. The van der Waals surface area contributed by atoms with Crippen molar-refractivity contribution in [3.05, 3.63) is 42.0 Å². The molecule has 30 heavy (non-hydrogen) atoms. The number of benzene rings is 1. The molecular weight excluding hydrogens is 394 g/mol. The van der Waals surface area contributed by atoms with Gasteiger partial charge >= 0.3 is 0 Å². The van der Waals surface area contributed by atoms with E-state index in [4.69, 9.17) is 0 Å². The van der Waals surface area contributed by atoms with E-state index in [0.717, 1.165) is 56.1 Å². The standard InChI is InChI=1S/C24H33N3O2S/c28-22(11-10-20-6-2-1-3-7-20)25-12-14-26(15-13-25)23(21-8-4-5-9-21)24(29)27-16-18-30-19-17-27/h1-3,6-7,10-11,21,23H,4-5,8-9,12-19H2/b11-10+. The van der Waals surface area contributed by atoms with E-state index in [1.54, 1.807) is 6.08 Å². The van der Waals surface area contributed by atoms with Gasteiger partial charge in [0, 0.05) is 56.9 Å². The minimum absolute atomic E-state index is 0.00714. The second-order valence-corrected chi connectivity index (χ2v) is 9.76. The molecule has 3 fully saturated rings. The molecule has 1 saturated carbocycles. The van der Waals surface area contributed by atoms with Gasteiger partial charge in [0.15, 0.2) is 0 Å². The molecule has 0 radical (unpaired) electrons. The highest BCUT2D eigenvalue weighted by Crippen LogP contribution is 2.32. The van der Waals surface area contributed by atoms with Gasteiger partial charge in [-0.05, 0) is 30.4 Å². The van der Waals surface area contributed by atoms with Gasteiger partial charge in [-0.25, -0.2) is 0 Å². The average molecular weight is 428 g/mol. The van der Waals surface area contributed by atoms with E-state index in [9.17, 15) is 9.59 Å². The molecule has 1 atom stereocenters. The van der Waals surface area contributed by atoms with Gasteiger partial charge in [0.25, 0.3) is 0 Å². The Bertz CT molecular complexity index is 734. The van der Waals surface area contributed by atoms with E-state index in [-0.39, 0.29) is 11.9 Å². The molecule has 1 unspecified atom stereocenters. The van der Waals surface area contributed by atoms with Crippen LogP contribution in [-0.2, 0) is 9.59 Å². The minimum atomic E-state index is 0.00714. The summed E-state index contributed by atoms with van der Waals surface area (Å²) in [6.07, 6.45) is 8.37. The zero-order chi connectivity index (χ0) is 20.8. The lowest BCUT2D eigenvalue weighted by atomic mass is 9.94. The van der Waals surface area contributed by atoms with Gasteiger partial charge in [0.05, 0.1) is 6.04 Å². The SMILES string of the molecule is O=C(/C=C/c1ccccc1)N1CCN(C(C(=O)N2CCSCC2)C2CCCC2)CC1. The number of carbonyl (C=O) groups excluding carboxylic acids is 2. The molecular formula is C24H33N3O2S. The molecule has 4 rings (SSSR count). The van der Waals surface area contributed by atoms with E-state index in [1.807, 2.05) is 53.1 Å². The molecule has 6 heteroatoms. The van der Waals surface area contributed by atoms with Crippen LogP contribution < -0.4 is 0 Å². The molecule has 3 aliphatic rings. The number of hydrogen-bond acceptors (Lipinski definition) is 4. The van der Waals surface area contributed by atoms with E-state index >= 15 is 0 Å². The largest absolute Gasteiger partial charge is 0.340 e. The maximum absolute atomic E-state index is 13.4. The Kier molecular flexibility index (Phi) is 7.50. The summed E-state index contributed by atoms with van der Waals surface area (Å²) in [5.74, 6) is 2.99. The van der Waals surface area contributed by atoms with Crippen molar-refractivity contribution in [3.8, 4) is 0 Å². The quantitative estimate of drug-likeness (QED) is 0.678. The fourth-order valence-corrected chi connectivity index (χ4v) is 5.86. The van der Waals surface area contributed by atoms with Crippen LogP contribution in [0.15, 0.2) is 36.4 Å². The first-order valence-electron chi connectivity index (χ1n) is 11.3.